The van der Waals surface area contributed by atoms with Crippen molar-refractivity contribution in [3.8, 4) is 0 Å². The van der Waals surface area contributed by atoms with Crippen molar-refractivity contribution in [3.05, 3.63) is 30.6 Å². The molecular formula is AgN2NaO6. The van der Waals surface area contributed by atoms with Crippen LogP contribution in [-0.4, -0.2) is 10.2 Å². The summed E-state index contributed by atoms with van der Waals surface area (Å²) in [6.07, 6.45) is 0. The zero-order valence-electron chi connectivity index (χ0n) is 4.65. The molecule has 0 radical (unpaired) electrons. The summed E-state index contributed by atoms with van der Waals surface area (Å²) >= 11 is 0. The predicted molar refractivity (Wildman–Crippen MR) is 20.7 cm³/mol. The first-order valence-corrected chi connectivity index (χ1v) is 1.10. The molecule has 10 heavy (non-hydrogen) atoms. The molecule has 0 N–H and O–H groups in total. The van der Waals surface area contributed by atoms with Gasteiger partial charge in [-0.05, 0) is 0 Å². The van der Waals surface area contributed by atoms with E-state index in [0.29, 0.717) is 0 Å². The minimum absolute atomic E-state index is 0. The third-order valence-corrected chi connectivity index (χ3v) is 0. The first-order valence-electron chi connectivity index (χ1n) is 1.10. The predicted octanol–water partition coefficient (Wildman–Crippen LogP) is -3.48. The summed E-state index contributed by atoms with van der Waals surface area (Å²) in [7, 11) is 0. The normalized spacial score (nSPS) is 4.80. The maximum atomic E-state index is 8.25. The number of nitrogens with zero attached hydrogens (tertiary/aromatic N) is 2. The van der Waals surface area contributed by atoms with Crippen molar-refractivity contribution < 1.29 is 62.1 Å². The molecule has 0 saturated carbocycles. The van der Waals surface area contributed by atoms with Gasteiger partial charge in [-0.15, -0.1) is 0 Å². The summed E-state index contributed by atoms with van der Waals surface area (Å²) in [5, 5.41) is 29.5. The number of rotatable bonds is 0. The molecule has 0 aromatic rings. The molecule has 0 aliphatic carbocycles. The van der Waals surface area contributed by atoms with Gasteiger partial charge in [0.1, 0.15) is 0 Å². The molecule has 0 saturated heterocycles. The van der Waals surface area contributed by atoms with Gasteiger partial charge in [0.2, 0.25) is 0 Å². The molecule has 0 unspecified atom stereocenters. The summed E-state index contributed by atoms with van der Waals surface area (Å²) in [5.41, 5.74) is 0. The molecule has 0 aromatic heterocycles. The Hall–Kier alpha value is 0.140. The van der Waals surface area contributed by atoms with Gasteiger partial charge in [0, 0.05) is 0 Å². The molecule has 0 atom stereocenters. The maximum Gasteiger partial charge on any atom is 1.00 e. The first-order chi connectivity index (χ1) is 3.46. The summed E-state index contributed by atoms with van der Waals surface area (Å²) in [6, 6.07) is 0. The third kappa shape index (κ3) is 21100. The molecule has 0 rings (SSSR count). The Morgan fingerprint density at radius 1 is 0.800 bits per heavy atom. The van der Waals surface area contributed by atoms with Gasteiger partial charge in [-0.25, -0.2) is 0 Å². The fourth-order valence-electron chi connectivity index (χ4n) is 0. The molecule has 0 fully saturated rings. The molecule has 10 heteroatoms. The Bertz CT molecular complexity index is 73.7. The van der Waals surface area contributed by atoms with Crippen molar-refractivity contribution in [2.24, 2.45) is 0 Å². The molecule has 0 aromatic carbocycles. The van der Waals surface area contributed by atoms with E-state index in [1.165, 1.54) is 0 Å². The molecule has 0 aliphatic heterocycles. The van der Waals surface area contributed by atoms with Crippen LogP contribution in [0, 0.1) is 30.6 Å². The SMILES string of the molecule is O=[N+]([O-])[O-].O=[N+]([O-])[O-].[Ag+].[Na+]. The largest absolute Gasteiger partial charge is 1.00 e. The molecule has 0 bridgehead atoms. The molecule has 0 aliphatic rings. The van der Waals surface area contributed by atoms with Gasteiger partial charge in [0.15, 0.2) is 0 Å². The van der Waals surface area contributed by atoms with Crippen molar-refractivity contribution in [2.45, 2.75) is 0 Å². The fraction of sp³-hybridized carbons (Fsp3) is 0. The summed E-state index contributed by atoms with van der Waals surface area (Å²) in [4.78, 5) is 16.5. The standard InChI is InChI=1S/Ag.2NO3.Na/c;2*2-1(3)4;/q+1;2*-1;+1. The minimum Gasteiger partial charge on any atom is -0.356 e. The number of hydrogen-bond acceptors (Lipinski definition) is 6. The summed E-state index contributed by atoms with van der Waals surface area (Å²) in [5.74, 6) is 0. The van der Waals surface area contributed by atoms with Crippen LogP contribution in [0.2, 0.25) is 0 Å². The van der Waals surface area contributed by atoms with Crippen LogP contribution in [0.5, 0.6) is 0 Å². The molecule has 0 spiro atoms. The van der Waals surface area contributed by atoms with E-state index in [9.17, 15) is 0 Å². The average Bonchev–Trinajstić information content (AvgIpc) is 1.25. The summed E-state index contributed by atoms with van der Waals surface area (Å²) < 4.78 is 0. The zero-order valence-corrected chi connectivity index (χ0v) is 8.13. The van der Waals surface area contributed by atoms with E-state index in [1.807, 2.05) is 0 Å². The van der Waals surface area contributed by atoms with E-state index in [0.717, 1.165) is 0 Å². The van der Waals surface area contributed by atoms with Crippen LogP contribution in [0.1, 0.15) is 0 Å². The minimum atomic E-state index is -1.75. The first kappa shape index (κ1) is 22.5. The Labute approximate surface area is 92.2 Å². The Morgan fingerprint density at radius 2 is 0.800 bits per heavy atom. The van der Waals surface area contributed by atoms with Gasteiger partial charge in [-0.2, -0.15) is 0 Å². The van der Waals surface area contributed by atoms with Crippen molar-refractivity contribution >= 4 is 0 Å². The van der Waals surface area contributed by atoms with Crippen molar-refractivity contribution in [3.63, 3.8) is 0 Å². The van der Waals surface area contributed by atoms with E-state index in [1.54, 1.807) is 0 Å². The van der Waals surface area contributed by atoms with Crippen LogP contribution in [0.25, 0.3) is 0 Å². The van der Waals surface area contributed by atoms with Crippen molar-refractivity contribution in [2.75, 3.05) is 0 Å². The van der Waals surface area contributed by atoms with Gasteiger partial charge in [0.05, 0.1) is 10.2 Å². The summed E-state index contributed by atoms with van der Waals surface area (Å²) in [6.45, 7) is 0. The Morgan fingerprint density at radius 3 is 0.800 bits per heavy atom. The molecule has 0 amide bonds. The monoisotopic (exact) mass is 254 g/mol. The van der Waals surface area contributed by atoms with Crippen LogP contribution in [-0.2, 0) is 22.4 Å². The smallest absolute Gasteiger partial charge is 0.356 e. The molecule has 8 nitrogen and oxygen atoms in total. The Kier molecular flexibility index (Phi) is 36.1. The van der Waals surface area contributed by atoms with Crippen LogP contribution in [0.4, 0.5) is 0 Å². The average molecular weight is 255 g/mol. The van der Waals surface area contributed by atoms with E-state index in [-0.39, 0.29) is 51.9 Å². The second kappa shape index (κ2) is 16.1. The second-order valence-corrected chi connectivity index (χ2v) is 0.447. The van der Waals surface area contributed by atoms with E-state index >= 15 is 0 Å². The van der Waals surface area contributed by atoms with Crippen molar-refractivity contribution in [1.29, 1.82) is 0 Å². The van der Waals surface area contributed by atoms with Gasteiger partial charge in [-0.3, -0.25) is 0 Å². The molecule has 58 valence electrons. The van der Waals surface area contributed by atoms with E-state index in [4.69, 9.17) is 30.6 Å². The number of hydrogen-bond donors (Lipinski definition) is 0. The van der Waals surface area contributed by atoms with Crippen LogP contribution < -0.4 is 29.6 Å². The fourth-order valence-corrected chi connectivity index (χ4v) is 0. The van der Waals surface area contributed by atoms with E-state index < -0.39 is 10.2 Å². The topological polar surface area (TPSA) is 132 Å². The third-order valence-electron chi connectivity index (χ3n) is 0. The van der Waals surface area contributed by atoms with Gasteiger partial charge in [0.25, 0.3) is 0 Å². The van der Waals surface area contributed by atoms with Gasteiger partial charge < -0.3 is 30.6 Å². The van der Waals surface area contributed by atoms with Gasteiger partial charge >= 0.3 is 51.9 Å². The Balaban J connectivity index is -0.0000000300. The van der Waals surface area contributed by atoms with E-state index in [2.05, 4.69) is 0 Å². The van der Waals surface area contributed by atoms with Crippen LogP contribution in [0.3, 0.4) is 0 Å². The van der Waals surface area contributed by atoms with Gasteiger partial charge in [-0.1, -0.05) is 0 Å². The quantitative estimate of drug-likeness (QED) is 0.251. The zero-order chi connectivity index (χ0) is 7.15. The molecule has 0 heterocycles. The second-order valence-electron chi connectivity index (χ2n) is 0.447. The molecular weight excluding hydrogens is 255 g/mol. The van der Waals surface area contributed by atoms with Crippen LogP contribution >= 0.6 is 0 Å². The maximum absolute atomic E-state index is 8.25. The van der Waals surface area contributed by atoms with Crippen LogP contribution in [0.15, 0.2) is 0 Å². The van der Waals surface area contributed by atoms with Crippen molar-refractivity contribution in [1.82, 2.24) is 0 Å².